The standard InChI is InChI=1S/C15H21N3O/c1-11-4-3-8-17(10-11)12(2)18-9-6-13-5-7-16-15(19)14(13)18/h5-7,9,11-12H,3-4,8,10H2,1-2H3,(H,16,19)/t11-,12+/m0/s1. The number of piperidine rings is 1. The number of fused-ring (bicyclic) bond motifs is 1. The molecule has 0 aromatic carbocycles. The molecule has 1 aliphatic rings. The minimum atomic E-state index is -0.000548. The van der Waals surface area contributed by atoms with E-state index in [4.69, 9.17) is 0 Å². The number of nitrogens with zero attached hydrogens (tertiary/aromatic N) is 2. The van der Waals surface area contributed by atoms with Crippen LogP contribution in [0.1, 0.15) is 32.9 Å². The molecule has 2 aromatic rings. The molecule has 2 atom stereocenters. The minimum absolute atomic E-state index is 0.000548. The van der Waals surface area contributed by atoms with Gasteiger partial charge in [0.2, 0.25) is 0 Å². The summed E-state index contributed by atoms with van der Waals surface area (Å²) in [6, 6.07) is 3.98. The van der Waals surface area contributed by atoms with Gasteiger partial charge in [0.25, 0.3) is 5.56 Å². The third-order valence-corrected chi connectivity index (χ3v) is 4.26. The van der Waals surface area contributed by atoms with E-state index in [1.54, 1.807) is 6.20 Å². The summed E-state index contributed by atoms with van der Waals surface area (Å²) < 4.78 is 2.10. The van der Waals surface area contributed by atoms with Gasteiger partial charge in [-0.2, -0.15) is 0 Å². The Balaban J connectivity index is 1.97. The normalized spacial score (nSPS) is 22.7. The van der Waals surface area contributed by atoms with Crippen LogP contribution in [0.5, 0.6) is 0 Å². The first-order valence-corrected chi connectivity index (χ1v) is 7.09. The number of aromatic amines is 1. The summed E-state index contributed by atoms with van der Waals surface area (Å²) in [6.45, 7) is 6.73. The molecule has 1 aliphatic heterocycles. The molecule has 1 fully saturated rings. The maximum absolute atomic E-state index is 12.0. The van der Waals surface area contributed by atoms with Crippen LogP contribution in [0.2, 0.25) is 0 Å². The van der Waals surface area contributed by atoms with Crippen molar-refractivity contribution in [3.63, 3.8) is 0 Å². The second-order valence-electron chi connectivity index (χ2n) is 5.71. The van der Waals surface area contributed by atoms with Crippen molar-refractivity contribution < 1.29 is 0 Å². The molecule has 1 N–H and O–H groups in total. The largest absolute Gasteiger partial charge is 0.327 e. The number of hydrogen-bond acceptors (Lipinski definition) is 2. The van der Waals surface area contributed by atoms with Crippen molar-refractivity contribution in [2.75, 3.05) is 13.1 Å². The van der Waals surface area contributed by atoms with E-state index in [-0.39, 0.29) is 11.7 Å². The van der Waals surface area contributed by atoms with Crippen LogP contribution in [0, 0.1) is 5.92 Å². The second kappa shape index (κ2) is 4.85. The Hall–Kier alpha value is -1.55. The summed E-state index contributed by atoms with van der Waals surface area (Å²) >= 11 is 0. The number of pyridine rings is 1. The molecular formula is C15H21N3O. The first-order chi connectivity index (χ1) is 9.16. The molecule has 3 heterocycles. The highest BCUT2D eigenvalue weighted by Crippen LogP contribution is 2.25. The number of nitrogens with one attached hydrogen (secondary N) is 1. The average Bonchev–Trinajstić information content (AvgIpc) is 2.83. The van der Waals surface area contributed by atoms with E-state index in [9.17, 15) is 4.79 Å². The molecule has 0 amide bonds. The van der Waals surface area contributed by atoms with Crippen LogP contribution < -0.4 is 5.56 Å². The van der Waals surface area contributed by atoms with Crippen molar-refractivity contribution in [1.29, 1.82) is 0 Å². The Labute approximate surface area is 113 Å². The van der Waals surface area contributed by atoms with Crippen molar-refractivity contribution in [2.45, 2.75) is 32.9 Å². The summed E-state index contributed by atoms with van der Waals surface area (Å²) in [4.78, 5) is 17.3. The van der Waals surface area contributed by atoms with Crippen molar-refractivity contribution in [3.8, 4) is 0 Å². The van der Waals surface area contributed by atoms with Gasteiger partial charge in [-0.1, -0.05) is 6.92 Å². The van der Waals surface area contributed by atoms with Gasteiger partial charge in [0.15, 0.2) is 0 Å². The van der Waals surface area contributed by atoms with E-state index in [1.165, 1.54) is 12.8 Å². The highest BCUT2D eigenvalue weighted by Gasteiger charge is 2.23. The van der Waals surface area contributed by atoms with Crippen LogP contribution in [0.3, 0.4) is 0 Å². The van der Waals surface area contributed by atoms with E-state index >= 15 is 0 Å². The van der Waals surface area contributed by atoms with Gasteiger partial charge in [-0.05, 0) is 37.8 Å². The SMILES string of the molecule is C[C@H]1CCCN([C@@H](C)n2ccc3cc[nH]c(=O)c32)C1. The first kappa shape index (κ1) is 12.5. The van der Waals surface area contributed by atoms with E-state index < -0.39 is 0 Å². The van der Waals surface area contributed by atoms with E-state index in [2.05, 4.69) is 28.3 Å². The molecule has 0 saturated carbocycles. The quantitative estimate of drug-likeness (QED) is 0.900. The number of likely N-dealkylation sites (tertiary alicyclic amines) is 1. The zero-order valence-electron chi connectivity index (χ0n) is 11.6. The Morgan fingerprint density at radius 1 is 1.42 bits per heavy atom. The smallest absolute Gasteiger partial charge is 0.272 e. The molecule has 3 rings (SSSR count). The fraction of sp³-hybridized carbons (Fsp3) is 0.533. The predicted molar refractivity (Wildman–Crippen MR) is 77.2 cm³/mol. The van der Waals surface area contributed by atoms with Gasteiger partial charge >= 0.3 is 0 Å². The van der Waals surface area contributed by atoms with E-state index in [0.717, 1.165) is 29.9 Å². The molecular weight excluding hydrogens is 238 g/mol. The number of H-pyrrole nitrogens is 1. The Bertz CT molecular complexity index is 628. The lowest BCUT2D eigenvalue weighted by Gasteiger charge is -2.36. The molecule has 1 saturated heterocycles. The molecule has 4 heteroatoms. The van der Waals surface area contributed by atoms with Crippen LogP contribution in [0.15, 0.2) is 29.3 Å². The third-order valence-electron chi connectivity index (χ3n) is 4.26. The average molecular weight is 259 g/mol. The van der Waals surface area contributed by atoms with Gasteiger partial charge in [-0.3, -0.25) is 9.69 Å². The molecule has 0 radical (unpaired) electrons. The van der Waals surface area contributed by atoms with Gasteiger partial charge in [-0.25, -0.2) is 0 Å². The molecule has 19 heavy (non-hydrogen) atoms. The fourth-order valence-corrected chi connectivity index (χ4v) is 3.17. The maximum atomic E-state index is 12.0. The molecule has 2 aromatic heterocycles. The van der Waals surface area contributed by atoms with Crippen molar-refractivity contribution in [1.82, 2.24) is 14.5 Å². The zero-order chi connectivity index (χ0) is 13.4. The molecule has 4 nitrogen and oxygen atoms in total. The highest BCUT2D eigenvalue weighted by atomic mass is 16.1. The maximum Gasteiger partial charge on any atom is 0.272 e. The lowest BCUT2D eigenvalue weighted by Crippen LogP contribution is -2.38. The highest BCUT2D eigenvalue weighted by molar-refractivity contribution is 5.78. The Kier molecular flexibility index (Phi) is 3.19. The topological polar surface area (TPSA) is 41.0 Å². The van der Waals surface area contributed by atoms with Gasteiger partial charge in [0, 0.05) is 30.9 Å². The van der Waals surface area contributed by atoms with Gasteiger partial charge in [0.05, 0.1) is 6.17 Å². The van der Waals surface area contributed by atoms with Crippen LogP contribution in [0.25, 0.3) is 10.9 Å². The number of aromatic nitrogens is 2. The molecule has 102 valence electrons. The third kappa shape index (κ3) is 2.21. The van der Waals surface area contributed by atoms with Crippen LogP contribution in [0.4, 0.5) is 0 Å². The zero-order valence-corrected chi connectivity index (χ0v) is 11.6. The van der Waals surface area contributed by atoms with Crippen molar-refractivity contribution in [3.05, 3.63) is 34.9 Å². The summed E-state index contributed by atoms with van der Waals surface area (Å²) in [6.07, 6.45) is 6.55. The number of hydrogen-bond donors (Lipinski definition) is 1. The Morgan fingerprint density at radius 2 is 2.26 bits per heavy atom. The van der Waals surface area contributed by atoms with Crippen LogP contribution in [-0.4, -0.2) is 27.5 Å². The van der Waals surface area contributed by atoms with Crippen LogP contribution in [-0.2, 0) is 0 Å². The van der Waals surface area contributed by atoms with Gasteiger partial charge in [-0.15, -0.1) is 0 Å². The Morgan fingerprint density at radius 3 is 3.05 bits per heavy atom. The lowest BCUT2D eigenvalue weighted by molar-refractivity contribution is 0.101. The molecule has 0 bridgehead atoms. The predicted octanol–water partition coefficient (Wildman–Crippen LogP) is 2.58. The minimum Gasteiger partial charge on any atom is -0.327 e. The van der Waals surface area contributed by atoms with Crippen molar-refractivity contribution >= 4 is 10.9 Å². The molecule has 0 spiro atoms. The van der Waals surface area contributed by atoms with Gasteiger partial charge in [0.1, 0.15) is 5.52 Å². The first-order valence-electron chi connectivity index (χ1n) is 7.09. The van der Waals surface area contributed by atoms with E-state index in [0.29, 0.717) is 0 Å². The molecule has 0 unspecified atom stereocenters. The van der Waals surface area contributed by atoms with Crippen molar-refractivity contribution in [2.24, 2.45) is 5.92 Å². The van der Waals surface area contributed by atoms with E-state index in [1.807, 2.05) is 18.3 Å². The fourth-order valence-electron chi connectivity index (χ4n) is 3.17. The summed E-state index contributed by atoms with van der Waals surface area (Å²) in [5, 5.41) is 1.01. The number of rotatable bonds is 2. The lowest BCUT2D eigenvalue weighted by atomic mass is 10.00. The van der Waals surface area contributed by atoms with Gasteiger partial charge < -0.3 is 9.55 Å². The summed E-state index contributed by atoms with van der Waals surface area (Å²) in [5.41, 5.74) is 0.785. The second-order valence-corrected chi connectivity index (χ2v) is 5.71. The summed E-state index contributed by atoms with van der Waals surface area (Å²) in [7, 11) is 0. The monoisotopic (exact) mass is 259 g/mol. The summed E-state index contributed by atoms with van der Waals surface area (Å²) in [5.74, 6) is 0.747. The van der Waals surface area contributed by atoms with Crippen LogP contribution >= 0.6 is 0 Å². The molecule has 0 aliphatic carbocycles.